The van der Waals surface area contributed by atoms with E-state index in [9.17, 15) is 0 Å². The molecule has 2 fully saturated rings. The number of pyridine rings is 1. The van der Waals surface area contributed by atoms with Crippen molar-refractivity contribution in [3.8, 4) is 0 Å². The number of nitrogens with zero attached hydrogens (tertiary/aromatic N) is 5. The van der Waals surface area contributed by atoms with Gasteiger partial charge in [0.15, 0.2) is 5.65 Å². The first kappa shape index (κ1) is 17.9. The van der Waals surface area contributed by atoms with E-state index in [-0.39, 0.29) is 0 Å². The van der Waals surface area contributed by atoms with Crippen LogP contribution in [0.25, 0.3) is 5.65 Å². The van der Waals surface area contributed by atoms with Crippen LogP contribution in [0.1, 0.15) is 29.9 Å². The third-order valence-corrected chi connectivity index (χ3v) is 6.17. The normalized spacial score (nSPS) is 18.6. The molecule has 3 aromatic rings. The predicted octanol–water partition coefficient (Wildman–Crippen LogP) is 3.49. The smallest absolute Gasteiger partial charge is 0.157 e. The fourth-order valence-corrected chi connectivity index (χ4v) is 4.44. The highest BCUT2D eigenvalue weighted by molar-refractivity contribution is 6.30. The van der Waals surface area contributed by atoms with E-state index in [1.54, 1.807) is 6.20 Å². The van der Waals surface area contributed by atoms with Crippen molar-refractivity contribution in [3.05, 3.63) is 52.6 Å². The van der Waals surface area contributed by atoms with Crippen LogP contribution in [-0.2, 0) is 17.6 Å². The van der Waals surface area contributed by atoms with Crippen molar-refractivity contribution >= 4 is 23.1 Å². The molecule has 0 N–H and O–H groups in total. The molecule has 0 saturated carbocycles. The second-order valence-corrected chi connectivity index (χ2v) is 8.53. The van der Waals surface area contributed by atoms with Crippen molar-refractivity contribution in [3.63, 3.8) is 0 Å². The van der Waals surface area contributed by atoms with Crippen molar-refractivity contribution in [2.24, 2.45) is 5.41 Å². The van der Waals surface area contributed by atoms with Crippen molar-refractivity contribution in [2.45, 2.75) is 32.6 Å². The number of fused-ring (bicyclic) bond motifs is 1. The molecule has 28 heavy (non-hydrogen) atoms. The van der Waals surface area contributed by atoms with Crippen LogP contribution in [0.5, 0.6) is 0 Å². The van der Waals surface area contributed by atoms with E-state index in [1.165, 1.54) is 0 Å². The Morgan fingerprint density at radius 2 is 1.89 bits per heavy atom. The van der Waals surface area contributed by atoms with Gasteiger partial charge in [-0.15, -0.1) is 0 Å². The Hall–Kier alpha value is -2.18. The maximum absolute atomic E-state index is 5.92. The second kappa shape index (κ2) is 7.01. The van der Waals surface area contributed by atoms with E-state index in [2.05, 4.69) is 33.9 Å². The average molecular weight is 398 g/mol. The molecule has 5 heterocycles. The molecule has 2 saturated heterocycles. The summed E-state index contributed by atoms with van der Waals surface area (Å²) in [5, 5.41) is 5.52. The molecule has 0 bridgehead atoms. The Kier molecular flexibility index (Phi) is 4.48. The lowest BCUT2D eigenvalue weighted by Gasteiger charge is -2.53. The van der Waals surface area contributed by atoms with Crippen molar-refractivity contribution < 1.29 is 4.74 Å². The molecule has 0 amide bonds. The van der Waals surface area contributed by atoms with Crippen molar-refractivity contribution in [2.75, 3.05) is 31.2 Å². The molecule has 0 aliphatic carbocycles. The summed E-state index contributed by atoms with van der Waals surface area (Å²) in [7, 11) is 0. The lowest BCUT2D eigenvalue weighted by molar-refractivity contribution is -0.000587. The molecule has 6 nitrogen and oxygen atoms in total. The highest BCUT2D eigenvalue weighted by Gasteiger charge is 2.44. The number of halogens is 1. The van der Waals surface area contributed by atoms with Gasteiger partial charge in [-0.05, 0) is 44.7 Å². The average Bonchev–Trinajstić information content (AvgIpc) is 3.08. The second-order valence-electron chi connectivity index (χ2n) is 8.10. The number of aromatic nitrogens is 4. The van der Waals surface area contributed by atoms with Crippen LogP contribution in [0.3, 0.4) is 0 Å². The van der Waals surface area contributed by atoms with Crippen LogP contribution in [0.15, 0.2) is 30.5 Å². The standard InChI is InChI=1S/C21H24ClN5O/c1-15-10-20(26-13-21(14-26)6-8-28-9-7-21)27-19(24-15)11-18(25-27)5-4-17-3-2-16(22)12-23-17/h2-3,10-12H,4-9,13-14H2,1H3. The van der Waals surface area contributed by atoms with Gasteiger partial charge in [-0.2, -0.15) is 9.61 Å². The van der Waals surface area contributed by atoms with Gasteiger partial charge in [-0.25, -0.2) is 4.98 Å². The predicted molar refractivity (Wildman–Crippen MR) is 109 cm³/mol. The SMILES string of the molecule is Cc1cc(N2CC3(CCOCC3)C2)n2nc(CCc3ccc(Cl)cn3)cc2n1. The first-order valence-corrected chi connectivity index (χ1v) is 10.3. The third kappa shape index (κ3) is 3.35. The summed E-state index contributed by atoms with van der Waals surface area (Å²) < 4.78 is 7.55. The number of hydrogen-bond donors (Lipinski definition) is 0. The summed E-state index contributed by atoms with van der Waals surface area (Å²) in [6.45, 7) is 6.00. The quantitative estimate of drug-likeness (QED) is 0.674. The molecule has 7 heteroatoms. The number of ether oxygens (including phenoxy) is 1. The monoisotopic (exact) mass is 397 g/mol. The minimum absolute atomic E-state index is 0.429. The fraction of sp³-hybridized carbons (Fsp3) is 0.476. The van der Waals surface area contributed by atoms with E-state index in [0.717, 1.165) is 80.5 Å². The largest absolute Gasteiger partial charge is 0.381 e. The molecule has 146 valence electrons. The molecule has 0 aromatic carbocycles. The topological polar surface area (TPSA) is 55.6 Å². The zero-order valence-electron chi connectivity index (χ0n) is 16.1. The van der Waals surface area contributed by atoms with Crippen LogP contribution in [0.2, 0.25) is 5.02 Å². The Bertz CT molecular complexity index is 986. The van der Waals surface area contributed by atoms with Crippen LogP contribution < -0.4 is 4.90 Å². The van der Waals surface area contributed by atoms with E-state index in [4.69, 9.17) is 21.4 Å². The lowest BCUT2D eigenvalue weighted by Crippen LogP contribution is -2.59. The molecule has 2 aliphatic rings. The van der Waals surface area contributed by atoms with Gasteiger partial charge in [0.1, 0.15) is 5.82 Å². The van der Waals surface area contributed by atoms with E-state index >= 15 is 0 Å². The summed E-state index contributed by atoms with van der Waals surface area (Å²) in [5.74, 6) is 1.15. The third-order valence-electron chi connectivity index (χ3n) is 5.94. The molecule has 1 spiro atoms. The van der Waals surface area contributed by atoms with Gasteiger partial charge in [0.25, 0.3) is 0 Å². The van der Waals surface area contributed by atoms with E-state index in [0.29, 0.717) is 10.4 Å². The summed E-state index contributed by atoms with van der Waals surface area (Å²) in [6, 6.07) is 8.10. The van der Waals surface area contributed by atoms with Gasteiger partial charge in [0, 0.05) is 61.4 Å². The maximum atomic E-state index is 5.92. The number of rotatable bonds is 4. The fourth-order valence-electron chi connectivity index (χ4n) is 4.33. The Morgan fingerprint density at radius 1 is 1.11 bits per heavy atom. The first-order valence-electron chi connectivity index (χ1n) is 9.90. The van der Waals surface area contributed by atoms with Gasteiger partial charge in [-0.1, -0.05) is 11.6 Å². The van der Waals surface area contributed by atoms with Crippen LogP contribution >= 0.6 is 11.6 Å². The Balaban J connectivity index is 1.36. The minimum atomic E-state index is 0.429. The van der Waals surface area contributed by atoms with Gasteiger partial charge in [-0.3, -0.25) is 4.98 Å². The van der Waals surface area contributed by atoms with E-state index in [1.807, 2.05) is 16.6 Å². The molecule has 5 rings (SSSR count). The van der Waals surface area contributed by atoms with Gasteiger partial charge >= 0.3 is 0 Å². The minimum Gasteiger partial charge on any atom is -0.381 e. The summed E-state index contributed by atoms with van der Waals surface area (Å²) in [5.41, 5.74) is 4.44. The van der Waals surface area contributed by atoms with Crippen LogP contribution in [0.4, 0.5) is 5.82 Å². The maximum Gasteiger partial charge on any atom is 0.157 e. The van der Waals surface area contributed by atoms with Crippen LogP contribution in [-0.4, -0.2) is 45.9 Å². The molecule has 2 aliphatic heterocycles. The highest BCUT2D eigenvalue weighted by atomic mass is 35.5. The summed E-state index contributed by atoms with van der Waals surface area (Å²) >= 11 is 5.92. The molecular formula is C21H24ClN5O. The number of aryl methyl sites for hydroxylation is 3. The molecule has 0 unspecified atom stereocenters. The molecular weight excluding hydrogens is 374 g/mol. The number of hydrogen-bond acceptors (Lipinski definition) is 5. The zero-order chi connectivity index (χ0) is 19.1. The van der Waals surface area contributed by atoms with Gasteiger partial charge in [0.2, 0.25) is 0 Å². The van der Waals surface area contributed by atoms with Crippen molar-refractivity contribution in [1.82, 2.24) is 19.6 Å². The van der Waals surface area contributed by atoms with Gasteiger partial charge < -0.3 is 9.64 Å². The first-order chi connectivity index (χ1) is 13.6. The molecule has 0 radical (unpaired) electrons. The molecule has 3 aromatic heterocycles. The summed E-state index contributed by atoms with van der Waals surface area (Å²) in [4.78, 5) is 11.5. The summed E-state index contributed by atoms with van der Waals surface area (Å²) in [6.07, 6.45) is 5.68. The van der Waals surface area contributed by atoms with Crippen LogP contribution in [0, 0.1) is 12.3 Å². The van der Waals surface area contributed by atoms with Crippen molar-refractivity contribution in [1.29, 1.82) is 0 Å². The lowest BCUT2D eigenvalue weighted by atomic mass is 9.73. The Labute approximate surface area is 169 Å². The van der Waals surface area contributed by atoms with E-state index < -0.39 is 0 Å². The highest BCUT2D eigenvalue weighted by Crippen LogP contribution is 2.42. The molecule has 0 atom stereocenters. The van der Waals surface area contributed by atoms with Gasteiger partial charge in [0.05, 0.1) is 10.7 Å². The Morgan fingerprint density at radius 3 is 2.64 bits per heavy atom. The zero-order valence-corrected chi connectivity index (χ0v) is 16.8. The number of anilines is 1.